The van der Waals surface area contributed by atoms with E-state index in [9.17, 15) is 4.39 Å². The number of ether oxygens (including phenoxy) is 1. The zero-order valence-electron chi connectivity index (χ0n) is 14.1. The first-order valence-corrected chi connectivity index (χ1v) is 8.67. The minimum absolute atomic E-state index is 0.0504. The van der Waals surface area contributed by atoms with Gasteiger partial charge in [-0.3, -0.25) is 0 Å². The number of anilines is 1. The number of methoxy groups -OCH3 is 1. The van der Waals surface area contributed by atoms with Gasteiger partial charge in [0, 0.05) is 36.8 Å². The normalized spacial score (nSPS) is 12.2. The molecule has 1 N–H and O–H groups in total. The van der Waals surface area contributed by atoms with Crippen molar-refractivity contribution in [3.8, 4) is 5.75 Å². The number of thiazole rings is 1. The number of rotatable bonds is 8. The van der Waals surface area contributed by atoms with Crippen LogP contribution in [0.1, 0.15) is 37.3 Å². The van der Waals surface area contributed by atoms with Crippen LogP contribution in [0.2, 0.25) is 0 Å². The molecule has 0 aliphatic carbocycles. The second kappa shape index (κ2) is 8.26. The molecule has 0 saturated carbocycles. The maximum Gasteiger partial charge on any atom is 0.185 e. The third-order valence-electron chi connectivity index (χ3n) is 3.83. The van der Waals surface area contributed by atoms with Crippen LogP contribution < -0.4 is 15.0 Å². The topological polar surface area (TPSA) is 37.4 Å². The molecule has 2 aromatic rings. The highest BCUT2D eigenvalue weighted by Crippen LogP contribution is 2.24. The number of halogens is 1. The highest BCUT2D eigenvalue weighted by molar-refractivity contribution is 7.15. The molecule has 23 heavy (non-hydrogen) atoms. The Balaban J connectivity index is 1.96. The van der Waals surface area contributed by atoms with Crippen LogP contribution in [0.15, 0.2) is 24.4 Å². The van der Waals surface area contributed by atoms with Crippen molar-refractivity contribution in [3.05, 3.63) is 40.7 Å². The number of hydrogen-bond acceptors (Lipinski definition) is 5. The van der Waals surface area contributed by atoms with Gasteiger partial charge in [0.05, 0.1) is 7.11 Å². The summed E-state index contributed by atoms with van der Waals surface area (Å²) in [6.45, 7) is 8.91. The van der Waals surface area contributed by atoms with Crippen LogP contribution >= 0.6 is 11.3 Å². The average molecular weight is 337 g/mol. The Hall–Kier alpha value is -1.66. The summed E-state index contributed by atoms with van der Waals surface area (Å²) in [7, 11) is 1.47. The van der Waals surface area contributed by atoms with E-state index in [1.54, 1.807) is 17.4 Å². The van der Waals surface area contributed by atoms with E-state index < -0.39 is 0 Å². The summed E-state index contributed by atoms with van der Waals surface area (Å²) in [6.07, 6.45) is 1.91. The molecular formula is C17H24FN3OS. The minimum Gasteiger partial charge on any atom is -0.494 e. The van der Waals surface area contributed by atoms with Gasteiger partial charge in [0.25, 0.3) is 0 Å². The van der Waals surface area contributed by atoms with Gasteiger partial charge in [0.2, 0.25) is 0 Å². The van der Waals surface area contributed by atoms with E-state index in [1.165, 1.54) is 18.1 Å². The highest BCUT2D eigenvalue weighted by Gasteiger charge is 2.11. The summed E-state index contributed by atoms with van der Waals surface area (Å²) < 4.78 is 18.7. The molecule has 0 fully saturated rings. The van der Waals surface area contributed by atoms with E-state index in [1.807, 2.05) is 19.2 Å². The molecular weight excluding hydrogens is 313 g/mol. The van der Waals surface area contributed by atoms with Crippen molar-refractivity contribution in [2.45, 2.75) is 33.4 Å². The van der Waals surface area contributed by atoms with Gasteiger partial charge in [-0.15, -0.1) is 11.3 Å². The third kappa shape index (κ3) is 4.42. The summed E-state index contributed by atoms with van der Waals surface area (Å²) in [5.41, 5.74) is 0.900. The molecule has 1 unspecified atom stereocenters. The Bertz CT molecular complexity index is 628. The van der Waals surface area contributed by atoms with Gasteiger partial charge in [-0.25, -0.2) is 9.37 Å². The van der Waals surface area contributed by atoms with E-state index in [2.05, 4.69) is 29.0 Å². The molecule has 1 aromatic heterocycles. The molecule has 0 aliphatic rings. The van der Waals surface area contributed by atoms with Crippen LogP contribution in [0.25, 0.3) is 0 Å². The zero-order valence-corrected chi connectivity index (χ0v) is 14.9. The minimum atomic E-state index is -0.333. The smallest absolute Gasteiger partial charge is 0.185 e. The second-order valence-electron chi connectivity index (χ2n) is 5.28. The number of benzene rings is 1. The van der Waals surface area contributed by atoms with E-state index in [0.717, 1.165) is 23.8 Å². The molecule has 6 heteroatoms. The van der Waals surface area contributed by atoms with Crippen LogP contribution in [0.4, 0.5) is 9.52 Å². The molecule has 0 amide bonds. The van der Waals surface area contributed by atoms with Gasteiger partial charge in [-0.1, -0.05) is 6.07 Å². The van der Waals surface area contributed by atoms with Gasteiger partial charge in [-0.05, 0) is 38.5 Å². The van der Waals surface area contributed by atoms with Gasteiger partial charge < -0.3 is 15.0 Å². The lowest BCUT2D eigenvalue weighted by atomic mass is 10.1. The molecule has 2 rings (SSSR count). The SMILES string of the molecule is CCN(CC)c1ncc(CNC(C)c2ccc(OC)c(F)c2)s1. The maximum absolute atomic E-state index is 13.8. The summed E-state index contributed by atoms with van der Waals surface area (Å²) in [5.74, 6) is -0.0625. The Morgan fingerprint density at radius 2 is 2.09 bits per heavy atom. The largest absolute Gasteiger partial charge is 0.494 e. The molecule has 0 radical (unpaired) electrons. The van der Waals surface area contributed by atoms with Gasteiger partial charge in [-0.2, -0.15) is 0 Å². The van der Waals surface area contributed by atoms with Crippen molar-refractivity contribution in [2.24, 2.45) is 0 Å². The van der Waals surface area contributed by atoms with Crippen molar-refractivity contribution in [1.82, 2.24) is 10.3 Å². The third-order valence-corrected chi connectivity index (χ3v) is 4.89. The summed E-state index contributed by atoms with van der Waals surface area (Å²) >= 11 is 1.69. The fourth-order valence-corrected chi connectivity index (χ4v) is 3.33. The number of hydrogen-bond donors (Lipinski definition) is 1. The average Bonchev–Trinajstić information content (AvgIpc) is 3.02. The van der Waals surface area contributed by atoms with Crippen LogP contribution in [0, 0.1) is 5.82 Å². The fourth-order valence-electron chi connectivity index (χ4n) is 2.34. The highest BCUT2D eigenvalue weighted by atomic mass is 32.1. The molecule has 0 bridgehead atoms. The van der Waals surface area contributed by atoms with Crippen LogP contribution in [-0.2, 0) is 6.54 Å². The fraction of sp³-hybridized carbons (Fsp3) is 0.471. The summed E-state index contributed by atoms with van der Waals surface area (Å²) in [6, 6.07) is 5.11. The maximum atomic E-state index is 13.8. The molecule has 1 atom stereocenters. The van der Waals surface area contributed by atoms with Crippen molar-refractivity contribution >= 4 is 16.5 Å². The Kier molecular flexibility index (Phi) is 6.36. The lowest BCUT2D eigenvalue weighted by molar-refractivity contribution is 0.385. The van der Waals surface area contributed by atoms with Crippen molar-refractivity contribution in [3.63, 3.8) is 0 Å². The van der Waals surface area contributed by atoms with Crippen molar-refractivity contribution < 1.29 is 9.13 Å². The Labute approximate surface area is 141 Å². The van der Waals surface area contributed by atoms with Gasteiger partial charge in [0.15, 0.2) is 16.7 Å². The second-order valence-corrected chi connectivity index (χ2v) is 6.37. The van der Waals surface area contributed by atoms with Gasteiger partial charge in [0.1, 0.15) is 0 Å². The summed E-state index contributed by atoms with van der Waals surface area (Å²) in [4.78, 5) is 7.88. The van der Waals surface area contributed by atoms with E-state index in [-0.39, 0.29) is 17.6 Å². The van der Waals surface area contributed by atoms with Crippen molar-refractivity contribution in [2.75, 3.05) is 25.1 Å². The van der Waals surface area contributed by atoms with E-state index in [0.29, 0.717) is 6.54 Å². The first kappa shape index (κ1) is 17.7. The molecule has 0 spiro atoms. The number of nitrogens with zero attached hydrogens (tertiary/aromatic N) is 2. The Morgan fingerprint density at radius 3 is 2.70 bits per heavy atom. The Morgan fingerprint density at radius 1 is 1.35 bits per heavy atom. The molecule has 126 valence electrons. The first-order valence-electron chi connectivity index (χ1n) is 7.85. The molecule has 0 saturated heterocycles. The van der Waals surface area contributed by atoms with E-state index in [4.69, 9.17) is 4.74 Å². The van der Waals surface area contributed by atoms with Gasteiger partial charge >= 0.3 is 0 Å². The standard InChI is InChI=1S/C17H24FN3OS/c1-5-21(6-2)17-20-11-14(23-17)10-19-12(3)13-7-8-16(22-4)15(18)9-13/h7-9,11-12,19H,5-6,10H2,1-4H3. The number of nitrogens with one attached hydrogen (secondary N) is 1. The van der Waals surface area contributed by atoms with Crippen LogP contribution in [0.3, 0.4) is 0 Å². The molecule has 0 aliphatic heterocycles. The van der Waals surface area contributed by atoms with Crippen LogP contribution in [0.5, 0.6) is 5.75 Å². The zero-order chi connectivity index (χ0) is 16.8. The lowest BCUT2D eigenvalue weighted by Gasteiger charge is -2.16. The monoisotopic (exact) mass is 337 g/mol. The first-order chi connectivity index (χ1) is 11.1. The molecule has 1 heterocycles. The molecule has 4 nitrogen and oxygen atoms in total. The summed E-state index contributed by atoms with van der Waals surface area (Å²) in [5, 5.41) is 4.46. The lowest BCUT2D eigenvalue weighted by Crippen LogP contribution is -2.21. The molecule has 1 aromatic carbocycles. The predicted molar refractivity (Wildman–Crippen MR) is 93.9 cm³/mol. The number of aromatic nitrogens is 1. The quantitative estimate of drug-likeness (QED) is 0.790. The van der Waals surface area contributed by atoms with Crippen LogP contribution in [-0.4, -0.2) is 25.2 Å². The van der Waals surface area contributed by atoms with Crippen molar-refractivity contribution in [1.29, 1.82) is 0 Å². The predicted octanol–water partition coefficient (Wildman–Crippen LogP) is 3.99. The van der Waals surface area contributed by atoms with E-state index >= 15 is 0 Å².